The summed E-state index contributed by atoms with van der Waals surface area (Å²) >= 11 is 0. The zero-order valence-electron chi connectivity index (χ0n) is 18.4. The van der Waals surface area contributed by atoms with Gasteiger partial charge in [-0.2, -0.15) is 0 Å². The zero-order chi connectivity index (χ0) is 22.0. The van der Waals surface area contributed by atoms with E-state index in [2.05, 4.69) is 46.3 Å². The first-order chi connectivity index (χ1) is 14.9. The molecule has 0 saturated carbocycles. The Hall–Kier alpha value is -2.90. The van der Waals surface area contributed by atoms with Gasteiger partial charge in [-0.05, 0) is 37.1 Å². The molecular formula is C24H30N4O3. The number of carbonyl (C=O) groups is 2. The lowest BCUT2D eigenvalue weighted by Crippen LogP contribution is -2.51. The molecular weight excluding hydrogens is 392 g/mol. The van der Waals surface area contributed by atoms with Gasteiger partial charge in [-0.15, -0.1) is 0 Å². The molecule has 4 rings (SSSR count). The summed E-state index contributed by atoms with van der Waals surface area (Å²) in [5.41, 5.74) is 2.22. The van der Waals surface area contributed by atoms with Crippen LogP contribution in [0.15, 0.2) is 48.5 Å². The predicted molar refractivity (Wildman–Crippen MR) is 119 cm³/mol. The number of imide groups is 1. The van der Waals surface area contributed by atoms with Crippen LogP contribution in [0.4, 0.5) is 4.79 Å². The number of carbonyl (C=O) groups excluding carboxylic acids is 2. The maximum Gasteiger partial charge on any atom is 0.326 e. The van der Waals surface area contributed by atoms with Crippen molar-refractivity contribution in [3.8, 4) is 5.75 Å². The molecule has 2 heterocycles. The summed E-state index contributed by atoms with van der Waals surface area (Å²) in [6.07, 6.45) is 0. The van der Waals surface area contributed by atoms with Gasteiger partial charge in [-0.25, -0.2) is 9.69 Å². The van der Waals surface area contributed by atoms with E-state index in [1.807, 2.05) is 18.2 Å². The summed E-state index contributed by atoms with van der Waals surface area (Å²) in [4.78, 5) is 31.8. The van der Waals surface area contributed by atoms with Gasteiger partial charge in [0.1, 0.15) is 11.3 Å². The number of aryl methyl sites for hydroxylation is 1. The minimum absolute atomic E-state index is 0.229. The molecule has 31 heavy (non-hydrogen) atoms. The number of methoxy groups -OCH3 is 1. The lowest BCUT2D eigenvalue weighted by atomic mass is 9.92. The summed E-state index contributed by atoms with van der Waals surface area (Å²) in [5, 5.41) is 2.88. The summed E-state index contributed by atoms with van der Waals surface area (Å²) in [6, 6.07) is 15.5. The monoisotopic (exact) mass is 422 g/mol. The quantitative estimate of drug-likeness (QED) is 0.725. The number of nitrogens with one attached hydrogen (secondary N) is 1. The van der Waals surface area contributed by atoms with E-state index in [1.165, 1.54) is 16.0 Å². The molecule has 0 aromatic heterocycles. The molecule has 2 aromatic rings. The molecule has 1 N–H and O–H groups in total. The lowest BCUT2D eigenvalue weighted by molar-refractivity contribution is -0.132. The summed E-state index contributed by atoms with van der Waals surface area (Å²) in [6.45, 7) is 8.54. The largest absolute Gasteiger partial charge is 0.497 e. The van der Waals surface area contributed by atoms with E-state index in [0.29, 0.717) is 12.4 Å². The number of hydrogen-bond donors (Lipinski definition) is 1. The van der Waals surface area contributed by atoms with Crippen LogP contribution in [-0.2, 0) is 16.9 Å². The second-order valence-corrected chi connectivity index (χ2v) is 8.54. The van der Waals surface area contributed by atoms with Crippen molar-refractivity contribution >= 4 is 11.9 Å². The first kappa shape index (κ1) is 21.3. The predicted octanol–water partition coefficient (Wildman–Crippen LogP) is 2.55. The SMILES string of the molecule is COc1cccc([C@@]2(C)NC(=O)N(CN3CCN(Cc4cccc(C)c4)CC3)C2=O)c1. The van der Waals surface area contributed by atoms with Gasteiger partial charge in [0, 0.05) is 32.7 Å². The van der Waals surface area contributed by atoms with Crippen LogP contribution < -0.4 is 10.1 Å². The zero-order valence-corrected chi connectivity index (χ0v) is 18.4. The summed E-state index contributed by atoms with van der Waals surface area (Å²) in [7, 11) is 1.58. The first-order valence-corrected chi connectivity index (χ1v) is 10.7. The van der Waals surface area contributed by atoms with Gasteiger partial charge in [0.25, 0.3) is 5.91 Å². The fourth-order valence-electron chi connectivity index (χ4n) is 4.31. The third-order valence-corrected chi connectivity index (χ3v) is 6.22. The van der Waals surface area contributed by atoms with Crippen molar-refractivity contribution in [1.29, 1.82) is 0 Å². The number of nitrogens with zero attached hydrogens (tertiary/aromatic N) is 3. The Balaban J connectivity index is 1.36. The molecule has 2 aliphatic heterocycles. The Morgan fingerprint density at radius 2 is 1.71 bits per heavy atom. The van der Waals surface area contributed by atoms with E-state index in [9.17, 15) is 9.59 Å². The number of benzene rings is 2. The van der Waals surface area contributed by atoms with E-state index < -0.39 is 5.54 Å². The topological polar surface area (TPSA) is 65.1 Å². The average molecular weight is 423 g/mol. The molecule has 2 saturated heterocycles. The second-order valence-electron chi connectivity index (χ2n) is 8.54. The third-order valence-electron chi connectivity index (χ3n) is 6.22. The van der Waals surface area contributed by atoms with Crippen molar-refractivity contribution in [2.45, 2.75) is 25.9 Å². The minimum Gasteiger partial charge on any atom is -0.497 e. The molecule has 0 unspecified atom stereocenters. The number of amides is 3. The molecule has 1 atom stereocenters. The smallest absolute Gasteiger partial charge is 0.326 e. The van der Waals surface area contributed by atoms with E-state index in [1.54, 1.807) is 20.1 Å². The van der Waals surface area contributed by atoms with Crippen molar-refractivity contribution in [2.24, 2.45) is 0 Å². The van der Waals surface area contributed by atoms with Gasteiger partial charge < -0.3 is 10.1 Å². The fraction of sp³-hybridized carbons (Fsp3) is 0.417. The van der Waals surface area contributed by atoms with E-state index in [-0.39, 0.29) is 11.9 Å². The molecule has 164 valence electrons. The molecule has 7 nitrogen and oxygen atoms in total. The van der Waals surface area contributed by atoms with Crippen LogP contribution in [0.2, 0.25) is 0 Å². The Bertz CT molecular complexity index is 971. The second kappa shape index (κ2) is 8.69. The van der Waals surface area contributed by atoms with Crippen LogP contribution in [0.3, 0.4) is 0 Å². The number of rotatable bonds is 6. The molecule has 3 amide bonds. The third kappa shape index (κ3) is 4.43. The van der Waals surface area contributed by atoms with Crippen molar-refractivity contribution < 1.29 is 14.3 Å². The molecule has 2 aliphatic rings. The summed E-state index contributed by atoms with van der Waals surface area (Å²) < 4.78 is 5.28. The van der Waals surface area contributed by atoms with E-state index in [4.69, 9.17) is 4.74 Å². The summed E-state index contributed by atoms with van der Waals surface area (Å²) in [5.74, 6) is 0.428. The van der Waals surface area contributed by atoms with Gasteiger partial charge in [0.05, 0.1) is 13.8 Å². The lowest BCUT2D eigenvalue weighted by Gasteiger charge is -2.36. The highest BCUT2D eigenvalue weighted by Crippen LogP contribution is 2.31. The standard InChI is InChI=1S/C24H30N4O3/c1-18-6-4-7-19(14-18)16-26-10-12-27(13-11-26)17-28-22(29)24(2,25-23(28)30)20-8-5-9-21(15-20)31-3/h4-9,14-15H,10-13,16-17H2,1-3H3,(H,25,30)/t24-/m1/s1. The molecule has 0 aliphatic carbocycles. The van der Waals surface area contributed by atoms with Crippen LogP contribution in [0, 0.1) is 6.92 Å². The van der Waals surface area contributed by atoms with Crippen LogP contribution in [-0.4, -0.2) is 66.6 Å². The van der Waals surface area contributed by atoms with Crippen LogP contribution in [0.25, 0.3) is 0 Å². The number of piperazine rings is 1. The van der Waals surface area contributed by atoms with Crippen molar-refractivity contribution in [1.82, 2.24) is 20.0 Å². The molecule has 2 fully saturated rings. The molecule has 7 heteroatoms. The Labute approximate surface area is 183 Å². The van der Waals surface area contributed by atoms with E-state index >= 15 is 0 Å². The maximum absolute atomic E-state index is 13.2. The Morgan fingerprint density at radius 3 is 2.42 bits per heavy atom. The number of urea groups is 1. The van der Waals surface area contributed by atoms with Gasteiger partial charge >= 0.3 is 6.03 Å². The highest BCUT2D eigenvalue weighted by Gasteiger charge is 2.49. The Morgan fingerprint density at radius 1 is 1.00 bits per heavy atom. The Kier molecular flexibility index (Phi) is 5.98. The molecule has 0 bridgehead atoms. The first-order valence-electron chi connectivity index (χ1n) is 10.7. The molecule has 2 aromatic carbocycles. The molecule has 0 radical (unpaired) electrons. The van der Waals surface area contributed by atoms with Crippen LogP contribution >= 0.6 is 0 Å². The number of hydrogen-bond acceptors (Lipinski definition) is 5. The van der Waals surface area contributed by atoms with Crippen LogP contribution in [0.1, 0.15) is 23.6 Å². The fourth-order valence-corrected chi connectivity index (χ4v) is 4.31. The maximum atomic E-state index is 13.2. The van der Waals surface area contributed by atoms with E-state index in [0.717, 1.165) is 38.3 Å². The number of ether oxygens (including phenoxy) is 1. The highest BCUT2D eigenvalue weighted by molar-refractivity contribution is 6.07. The van der Waals surface area contributed by atoms with Gasteiger partial charge in [-0.3, -0.25) is 14.6 Å². The highest BCUT2D eigenvalue weighted by atomic mass is 16.5. The van der Waals surface area contributed by atoms with Crippen LogP contribution in [0.5, 0.6) is 5.75 Å². The van der Waals surface area contributed by atoms with Crippen molar-refractivity contribution in [3.05, 3.63) is 65.2 Å². The minimum atomic E-state index is -1.08. The van der Waals surface area contributed by atoms with Gasteiger partial charge in [-0.1, -0.05) is 42.0 Å². The van der Waals surface area contributed by atoms with Crippen molar-refractivity contribution in [3.63, 3.8) is 0 Å². The molecule has 0 spiro atoms. The van der Waals surface area contributed by atoms with Gasteiger partial charge in [0.15, 0.2) is 0 Å². The van der Waals surface area contributed by atoms with Crippen molar-refractivity contribution in [2.75, 3.05) is 40.0 Å². The normalized spacial score (nSPS) is 22.6. The van der Waals surface area contributed by atoms with Gasteiger partial charge in [0.2, 0.25) is 0 Å². The average Bonchev–Trinajstić information content (AvgIpc) is 2.99.